The van der Waals surface area contributed by atoms with Gasteiger partial charge in [0.05, 0.1) is 25.7 Å². The molecule has 1 aromatic rings. The van der Waals surface area contributed by atoms with Crippen molar-refractivity contribution < 1.29 is 9.53 Å². The maximum atomic E-state index is 10.9. The molecule has 2 aliphatic heterocycles. The molecule has 0 saturated carbocycles. The summed E-state index contributed by atoms with van der Waals surface area (Å²) in [4.78, 5) is 18.1. The molecule has 0 aliphatic carbocycles. The SMILES string of the molecule is COc1ccc2c(c1)CCNC2C(CCCC=O)N(C)C1=NC/C=C\C=C/CS1. The van der Waals surface area contributed by atoms with Gasteiger partial charge in [-0.15, -0.1) is 0 Å². The van der Waals surface area contributed by atoms with Crippen LogP contribution in [0.5, 0.6) is 5.75 Å². The number of nitrogens with zero attached hydrogens (tertiary/aromatic N) is 2. The number of aldehydes is 1. The van der Waals surface area contributed by atoms with Crippen LogP contribution in [0.2, 0.25) is 0 Å². The molecule has 3 rings (SSSR count). The second-order valence-corrected chi connectivity index (χ2v) is 8.30. The van der Waals surface area contributed by atoms with Gasteiger partial charge in [-0.25, -0.2) is 0 Å². The average Bonchev–Trinajstić information content (AvgIpc) is 2.90. The van der Waals surface area contributed by atoms with E-state index in [1.54, 1.807) is 18.9 Å². The van der Waals surface area contributed by atoms with Gasteiger partial charge in [0.1, 0.15) is 12.0 Å². The van der Waals surface area contributed by atoms with Crippen molar-refractivity contribution in [1.29, 1.82) is 0 Å². The minimum absolute atomic E-state index is 0.198. The van der Waals surface area contributed by atoms with Gasteiger partial charge in [-0.3, -0.25) is 4.99 Å². The van der Waals surface area contributed by atoms with Crippen molar-refractivity contribution in [3.05, 3.63) is 53.6 Å². The quantitative estimate of drug-likeness (QED) is 0.545. The van der Waals surface area contributed by atoms with Gasteiger partial charge in [-0.2, -0.15) is 0 Å². The molecule has 0 saturated heterocycles. The van der Waals surface area contributed by atoms with Gasteiger partial charge in [0, 0.05) is 19.2 Å². The number of unbranched alkanes of at least 4 members (excludes halogenated alkanes) is 1. The van der Waals surface area contributed by atoms with E-state index in [4.69, 9.17) is 9.73 Å². The third-order valence-electron chi connectivity index (χ3n) is 5.47. The van der Waals surface area contributed by atoms with E-state index in [0.717, 1.165) is 48.8 Å². The molecule has 2 heterocycles. The van der Waals surface area contributed by atoms with Crippen LogP contribution in [-0.2, 0) is 11.2 Å². The molecule has 1 aromatic carbocycles. The molecule has 2 atom stereocenters. The number of ether oxygens (including phenoxy) is 1. The van der Waals surface area contributed by atoms with Crippen LogP contribution in [0.3, 0.4) is 0 Å². The highest BCUT2D eigenvalue weighted by atomic mass is 32.2. The summed E-state index contributed by atoms with van der Waals surface area (Å²) in [6.07, 6.45) is 12.8. The number of hydrogen-bond donors (Lipinski definition) is 1. The summed E-state index contributed by atoms with van der Waals surface area (Å²) in [7, 11) is 3.86. The lowest BCUT2D eigenvalue weighted by atomic mass is 9.87. The number of hydrogen-bond acceptors (Lipinski definition) is 6. The molecule has 5 nitrogen and oxygen atoms in total. The fraction of sp³-hybridized carbons (Fsp3) is 0.478. The molecule has 1 N–H and O–H groups in total. The third kappa shape index (κ3) is 5.73. The predicted molar refractivity (Wildman–Crippen MR) is 122 cm³/mol. The second-order valence-electron chi connectivity index (χ2n) is 7.31. The summed E-state index contributed by atoms with van der Waals surface area (Å²) in [5, 5.41) is 4.79. The van der Waals surface area contributed by atoms with Crippen molar-refractivity contribution in [2.24, 2.45) is 4.99 Å². The van der Waals surface area contributed by atoms with Crippen LogP contribution in [-0.4, -0.2) is 55.4 Å². The highest BCUT2D eigenvalue weighted by molar-refractivity contribution is 8.13. The van der Waals surface area contributed by atoms with Crippen LogP contribution >= 0.6 is 11.8 Å². The number of aliphatic imine (C=N–C) groups is 1. The summed E-state index contributed by atoms with van der Waals surface area (Å²) in [6, 6.07) is 6.82. The van der Waals surface area contributed by atoms with Gasteiger partial charge in [0.25, 0.3) is 0 Å². The lowest BCUT2D eigenvalue weighted by molar-refractivity contribution is -0.108. The number of benzene rings is 1. The number of allylic oxidation sites excluding steroid dienone is 2. The lowest BCUT2D eigenvalue weighted by Crippen LogP contribution is -2.47. The number of rotatable bonds is 7. The fourth-order valence-electron chi connectivity index (χ4n) is 3.97. The second kappa shape index (κ2) is 11.2. The van der Waals surface area contributed by atoms with Crippen LogP contribution in [0.1, 0.15) is 36.4 Å². The molecule has 0 spiro atoms. The minimum Gasteiger partial charge on any atom is -0.497 e. The van der Waals surface area contributed by atoms with Crippen molar-refractivity contribution in [1.82, 2.24) is 10.2 Å². The van der Waals surface area contributed by atoms with Gasteiger partial charge in [-0.05, 0) is 49.1 Å². The molecule has 156 valence electrons. The Labute approximate surface area is 178 Å². The van der Waals surface area contributed by atoms with E-state index in [0.29, 0.717) is 13.0 Å². The van der Waals surface area contributed by atoms with E-state index in [2.05, 4.69) is 53.7 Å². The van der Waals surface area contributed by atoms with Crippen LogP contribution in [0.25, 0.3) is 0 Å². The summed E-state index contributed by atoms with van der Waals surface area (Å²) in [6.45, 7) is 1.62. The Morgan fingerprint density at radius 2 is 2.24 bits per heavy atom. The van der Waals surface area contributed by atoms with E-state index in [9.17, 15) is 4.79 Å². The van der Waals surface area contributed by atoms with Crippen LogP contribution in [0.15, 0.2) is 47.5 Å². The molecular formula is C23H31N3O2S. The number of methoxy groups -OCH3 is 1. The van der Waals surface area contributed by atoms with Crippen LogP contribution in [0, 0.1) is 0 Å². The molecule has 0 fully saturated rings. The monoisotopic (exact) mass is 413 g/mol. The molecule has 2 unspecified atom stereocenters. The topological polar surface area (TPSA) is 53.9 Å². The smallest absolute Gasteiger partial charge is 0.159 e. The Kier molecular flexibility index (Phi) is 8.38. The number of likely N-dealkylation sites (N-methyl/N-ethyl adjacent to an activating group) is 1. The standard InChI is InChI=1S/C23H31N3O2S/c1-26(23-25-13-6-3-4-8-16-29-23)21(9-5-7-15-27)22-20-11-10-19(28-2)17-18(20)12-14-24-22/h3-4,6,8,10-11,15,17,21-22,24H,5,7,9,12-14,16H2,1-2H3/b6-3-,8-4-,25-23?. The van der Waals surface area contributed by atoms with Gasteiger partial charge in [0.15, 0.2) is 5.17 Å². The van der Waals surface area contributed by atoms with Crippen LogP contribution < -0.4 is 10.1 Å². The Morgan fingerprint density at radius 3 is 3.07 bits per heavy atom. The zero-order chi connectivity index (χ0) is 20.5. The Balaban J connectivity index is 1.88. The maximum Gasteiger partial charge on any atom is 0.159 e. The Morgan fingerprint density at radius 1 is 1.38 bits per heavy atom. The zero-order valence-electron chi connectivity index (χ0n) is 17.3. The Hall–Kier alpha value is -2.05. The summed E-state index contributed by atoms with van der Waals surface area (Å²) < 4.78 is 5.43. The normalized spacial score (nSPS) is 22.1. The molecular weight excluding hydrogens is 382 g/mol. The minimum atomic E-state index is 0.198. The number of thioether (sulfide) groups is 1. The van der Waals surface area contributed by atoms with E-state index < -0.39 is 0 Å². The van der Waals surface area contributed by atoms with Gasteiger partial charge in [-0.1, -0.05) is 42.1 Å². The average molecular weight is 414 g/mol. The first-order valence-corrected chi connectivity index (χ1v) is 11.3. The van der Waals surface area contributed by atoms with E-state index in [-0.39, 0.29) is 12.1 Å². The first-order valence-electron chi connectivity index (χ1n) is 10.3. The number of nitrogens with one attached hydrogen (secondary N) is 1. The zero-order valence-corrected chi connectivity index (χ0v) is 18.2. The number of carbonyl (C=O) groups is 1. The Bertz CT molecular complexity index is 775. The number of carbonyl (C=O) groups excluding carboxylic acids is 1. The van der Waals surface area contributed by atoms with Crippen molar-refractivity contribution in [3.8, 4) is 5.75 Å². The highest BCUT2D eigenvalue weighted by Crippen LogP contribution is 2.33. The number of fused-ring (bicyclic) bond motifs is 1. The van der Waals surface area contributed by atoms with E-state index in [1.807, 2.05) is 6.07 Å². The summed E-state index contributed by atoms with van der Waals surface area (Å²) in [5.41, 5.74) is 2.67. The number of amidine groups is 1. The predicted octanol–water partition coefficient (Wildman–Crippen LogP) is 3.77. The first kappa shape index (κ1) is 21.7. The molecule has 2 aliphatic rings. The van der Waals surface area contributed by atoms with Crippen molar-refractivity contribution in [2.75, 3.05) is 33.0 Å². The molecule has 0 bridgehead atoms. The third-order valence-corrected chi connectivity index (χ3v) is 6.51. The molecule has 6 heteroatoms. The van der Waals surface area contributed by atoms with Crippen molar-refractivity contribution >= 4 is 23.2 Å². The summed E-state index contributed by atoms with van der Waals surface area (Å²) in [5.74, 6) is 1.81. The van der Waals surface area contributed by atoms with E-state index >= 15 is 0 Å². The maximum absolute atomic E-state index is 10.9. The van der Waals surface area contributed by atoms with Crippen molar-refractivity contribution in [3.63, 3.8) is 0 Å². The molecule has 0 radical (unpaired) electrons. The highest BCUT2D eigenvalue weighted by Gasteiger charge is 2.31. The summed E-state index contributed by atoms with van der Waals surface area (Å²) >= 11 is 1.77. The fourth-order valence-corrected chi connectivity index (χ4v) is 4.83. The van der Waals surface area contributed by atoms with Gasteiger partial charge in [0.2, 0.25) is 0 Å². The molecule has 0 amide bonds. The largest absolute Gasteiger partial charge is 0.497 e. The van der Waals surface area contributed by atoms with Gasteiger partial charge >= 0.3 is 0 Å². The van der Waals surface area contributed by atoms with Gasteiger partial charge < -0.3 is 19.7 Å². The molecule has 29 heavy (non-hydrogen) atoms. The first-order chi connectivity index (χ1) is 14.2. The van der Waals surface area contributed by atoms with Crippen molar-refractivity contribution in [2.45, 2.75) is 37.8 Å². The molecule has 0 aromatic heterocycles. The van der Waals surface area contributed by atoms with Crippen LogP contribution in [0.4, 0.5) is 0 Å². The lowest BCUT2D eigenvalue weighted by Gasteiger charge is -2.40. The van der Waals surface area contributed by atoms with E-state index in [1.165, 1.54) is 11.1 Å².